The van der Waals surface area contributed by atoms with Crippen molar-refractivity contribution in [2.24, 2.45) is 4.99 Å². The summed E-state index contributed by atoms with van der Waals surface area (Å²) in [4.78, 5) is 13.8. The maximum atomic E-state index is 4.57. The molecule has 1 aromatic carbocycles. The van der Waals surface area contributed by atoms with E-state index >= 15 is 0 Å². The van der Waals surface area contributed by atoms with E-state index in [0.717, 1.165) is 57.2 Å². The van der Waals surface area contributed by atoms with Crippen LogP contribution in [0.2, 0.25) is 0 Å². The van der Waals surface area contributed by atoms with Gasteiger partial charge in [0.1, 0.15) is 5.82 Å². The molecule has 1 aromatic heterocycles. The third-order valence-corrected chi connectivity index (χ3v) is 6.16. The third-order valence-electron chi connectivity index (χ3n) is 6.16. The summed E-state index contributed by atoms with van der Waals surface area (Å²) in [5.74, 6) is 1.99. The normalized spacial score (nSPS) is 16.4. The quantitative estimate of drug-likeness (QED) is 0.504. The van der Waals surface area contributed by atoms with Gasteiger partial charge < -0.3 is 15.5 Å². The summed E-state index contributed by atoms with van der Waals surface area (Å²) in [6.45, 7) is 8.29. The Labute approximate surface area is 187 Å². The number of aryl methyl sites for hydroxylation is 1. The van der Waals surface area contributed by atoms with Crippen molar-refractivity contribution in [3.63, 3.8) is 0 Å². The van der Waals surface area contributed by atoms with Gasteiger partial charge in [-0.3, -0.25) is 9.89 Å². The highest BCUT2D eigenvalue weighted by atomic mass is 15.2. The number of benzene rings is 1. The van der Waals surface area contributed by atoms with Gasteiger partial charge in [-0.05, 0) is 57.4 Å². The Morgan fingerprint density at radius 1 is 1.19 bits per heavy atom. The molecule has 6 heteroatoms. The summed E-state index contributed by atoms with van der Waals surface area (Å²) < 4.78 is 0. The predicted molar refractivity (Wildman–Crippen MR) is 131 cm³/mol. The van der Waals surface area contributed by atoms with Gasteiger partial charge in [0.05, 0.1) is 0 Å². The Balaban J connectivity index is 1.36. The monoisotopic (exact) mass is 422 g/mol. The van der Waals surface area contributed by atoms with Crippen LogP contribution in [-0.4, -0.2) is 61.7 Å². The van der Waals surface area contributed by atoms with E-state index in [2.05, 4.69) is 93.8 Å². The average molecular weight is 423 g/mol. The molecule has 0 amide bonds. The van der Waals surface area contributed by atoms with Crippen LogP contribution in [0.3, 0.4) is 0 Å². The molecule has 1 atom stereocenters. The second kappa shape index (κ2) is 11.7. The van der Waals surface area contributed by atoms with E-state index in [-0.39, 0.29) is 0 Å². The van der Waals surface area contributed by atoms with E-state index in [1.54, 1.807) is 0 Å². The molecule has 2 N–H and O–H groups in total. The lowest BCUT2D eigenvalue weighted by Crippen LogP contribution is -2.49. The van der Waals surface area contributed by atoms with Crippen LogP contribution in [0.5, 0.6) is 0 Å². The van der Waals surface area contributed by atoms with Gasteiger partial charge in [-0.1, -0.05) is 36.4 Å². The maximum Gasteiger partial charge on any atom is 0.191 e. The van der Waals surface area contributed by atoms with Crippen molar-refractivity contribution in [3.05, 3.63) is 59.8 Å². The van der Waals surface area contributed by atoms with E-state index in [1.807, 2.05) is 13.2 Å². The van der Waals surface area contributed by atoms with Crippen LogP contribution in [0, 0.1) is 6.92 Å². The zero-order valence-corrected chi connectivity index (χ0v) is 19.5. The molecule has 1 saturated heterocycles. The highest BCUT2D eigenvalue weighted by Crippen LogP contribution is 2.18. The fraction of sp³-hybridized carbons (Fsp3) is 0.520. The van der Waals surface area contributed by atoms with Gasteiger partial charge in [0.25, 0.3) is 0 Å². The van der Waals surface area contributed by atoms with Gasteiger partial charge in [0.15, 0.2) is 5.96 Å². The van der Waals surface area contributed by atoms with Crippen LogP contribution in [-0.2, 0) is 6.54 Å². The highest BCUT2D eigenvalue weighted by molar-refractivity contribution is 5.79. The van der Waals surface area contributed by atoms with Crippen molar-refractivity contribution < 1.29 is 0 Å². The van der Waals surface area contributed by atoms with Crippen molar-refractivity contribution in [2.75, 3.05) is 38.6 Å². The zero-order valence-electron chi connectivity index (χ0n) is 19.5. The smallest absolute Gasteiger partial charge is 0.191 e. The maximum absolute atomic E-state index is 4.57. The van der Waals surface area contributed by atoms with E-state index in [4.69, 9.17) is 0 Å². The number of hydrogen-bond donors (Lipinski definition) is 2. The minimum absolute atomic E-state index is 0.450. The summed E-state index contributed by atoms with van der Waals surface area (Å²) in [5.41, 5.74) is 2.56. The third kappa shape index (κ3) is 7.24. The molecule has 168 valence electrons. The number of aliphatic imine (C=N–C) groups is 1. The molecule has 1 aliphatic rings. The van der Waals surface area contributed by atoms with E-state index in [1.165, 1.54) is 11.1 Å². The number of rotatable bonds is 8. The molecular formula is C25H38N6. The topological polar surface area (TPSA) is 55.8 Å². The Bertz CT molecular complexity index is 797. The minimum atomic E-state index is 0.450. The standard InChI is InChI=1S/C25H38N6/c1-20-10-11-24(28-18-20)31-16-13-23(14-17-31)29-25(26-3)27-15-12-21(2)30(4)19-22-8-6-5-7-9-22/h5-11,18,21,23H,12-17,19H2,1-4H3,(H2,26,27,29). The van der Waals surface area contributed by atoms with Gasteiger partial charge in [0.2, 0.25) is 0 Å². The molecule has 0 saturated carbocycles. The predicted octanol–water partition coefficient (Wildman–Crippen LogP) is 3.43. The Morgan fingerprint density at radius 3 is 2.58 bits per heavy atom. The fourth-order valence-electron chi connectivity index (χ4n) is 3.94. The lowest BCUT2D eigenvalue weighted by molar-refractivity contribution is 0.238. The van der Waals surface area contributed by atoms with Crippen LogP contribution < -0.4 is 15.5 Å². The number of nitrogens with one attached hydrogen (secondary N) is 2. The number of anilines is 1. The molecule has 0 spiro atoms. The van der Waals surface area contributed by atoms with Crippen molar-refractivity contribution in [2.45, 2.75) is 51.7 Å². The summed E-state index contributed by atoms with van der Waals surface area (Å²) in [5, 5.41) is 7.11. The highest BCUT2D eigenvalue weighted by Gasteiger charge is 2.21. The molecule has 1 aliphatic heterocycles. The molecule has 0 radical (unpaired) electrons. The van der Waals surface area contributed by atoms with Gasteiger partial charge in [-0.25, -0.2) is 4.98 Å². The molecule has 3 rings (SSSR count). The SMILES string of the molecule is CN=C(NCCC(C)N(C)Cc1ccccc1)NC1CCN(c2ccc(C)cn2)CC1. The lowest BCUT2D eigenvalue weighted by atomic mass is 10.1. The summed E-state index contributed by atoms with van der Waals surface area (Å²) >= 11 is 0. The van der Waals surface area contributed by atoms with Crippen molar-refractivity contribution in [3.8, 4) is 0 Å². The first-order valence-corrected chi connectivity index (χ1v) is 11.4. The minimum Gasteiger partial charge on any atom is -0.356 e. The number of guanidine groups is 1. The second-order valence-corrected chi connectivity index (χ2v) is 8.64. The van der Waals surface area contributed by atoms with E-state index in [0.29, 0.717) is 12.1 Å². The van der Waals surface area contributed by atoms with Crippen LogP contribution in [0.4, 0.5) is 5.82 Å². The number of pyridine rings is 1. The van der Waals surface area contributed by atoms with Crippen LogP contribution in [0.1, 0.15) is 37.3 Å². The summed E-state index contributed by atoms with van der Waals surface area (Å²) in [6, 6.07) is 15.9. The van der Waals surface area contributed by atoms with Crippen LogP contribution >= 0.6 is 0 Å². The molecule has 31 heavy (non-hydrogen) atoms. The molecule has 0 bridgehead atoms. The van der Waals surface area contributed by atoms with Crippen molar-refractivity contribution >= 4 is 11.8 Å². The van der Waals surface area contributed by atoms with E-state index < -0.39 is 0 Å². The number of hydrogen-bond acceptors (Lipinski definition) is 4. The molecular weight excluding hydrogens is 384 g/mol. The Kier molecular flexibility index (Phi) is 8.71. The van der Waals surface area contributed by atoms with Gasteiger partial charge in [0, 0.05) is 51.5 Å². The first kappa shape index (κ1) is 23.1. The Hall–Kier alpha value is -2.60. The van der Waals surface area contributed by atoms with E-state index in [9.17, 15) is 0 Å². The largest absolute Gasteiger partial charge is 0.356 e. The average Bonchev–Trinajstić information content (AvgIpc) is 2.80. The summed E-state index contributed by atoms with van der Waals surface area (Å²) in [7, 11) is 4.05. The van der Waals surface area contributed by atoms with Gasteiger partial charge in [-0.15, -0.1) is 0 Å². The van der Waals surface area contributed by atoms with Gasteiger partial charge >= 0.3 is 0 Å². The van der Waals surface area contributed by atoms with Crippen molar-refractivity contribution in [1.29, 1.82) is 0 Å². The first-order chi connectivity index (χ1) is 15.0. The Morgan fingerprint density at radius 2 is 1.94 bits per heavy atom. The lowest BCUT2D eigenvalue weighted by Gasteiger charge is -2.34. The molecule has 2 heterocycles. The molecule has 1 unspecified atom stereocenters. The summed E-state index contributed by atoms with van der Waals surface area (Å²) in [6.07, 6.45) is 5.20. The second-order valence-electron chi connectivity index (χ2n) is 8.64. The fourth-order valence-corrected chi connectivity index (χ4v) is 3.94. The first-order valence-electron chi connectivity index (χ1n) is 11.4. The molecule has 2 aromatic rings. The molecule has 6 nitrogen and oxygen atoms in total. The number of aromatic nitrogens is 1. The molecule has 1 fully saturated rings. The van der Waals surface area contributed by atoms with Gasteiger partial charge in [-0.2, -0.15) is 0 Å². The number of piperidine rings is 1. The molecule has 0 aliphatic carbocycles. The van der Waals surface area contributed by atoms with Crippen LogP contribution in [0.25, 0.3) is 0 Å². The van der Waals surface area contributed by atoms with Crippen molar-refractivity contribution in [1.82, 2.24) is 20.5 Å². The van der Waals surface area contributed by atoms with Crippen LogP contribution in [0.15, 0.2) is 53.7 Å². The number of nitrogens with zero attached hydrogens (tertiary/aromatic N) is 4. The zero-order chi connectivity index (χ0) is 22.1.